The van der Waals surface area contributed by atoms with E-state index in [-0.39, 0.29) is 0 Å². The van der Waals surface area contributed by atoms with Crippen LogP contribution in [0.1, 0.15) is 25.7 Å². The normalized spacial score (nSPS) is 28.1. The van der Waals surface area contributed by atoms with E-state index in [1.807, 2.05) is 0 Å². The fourth-order valence-corrected chi connectivity index (χ4v) is 2.11. The number of likely N-dealkylation sites (tertiary alicyclic amines) is 1. The summed E-state index contributed by atoms with van der Waals surface area (Å²) in [6, 6.07) is 0.583. The van der Waals surface area contributed by atoms with Crippen LogP contribution in [0.5, 0.6) is 0 Å². The molecule has 2 heterocycles. The Morgan fingerprint density at radius 1 is 1.60 bits per heavy atom. The Kier molecular flexibility index (Phi) is 3.33. The summed E-state index contributed by atoms with van der Waals surface area (Å²) in [4.78, 5) is 6.41. The zero-order valence-electron chi connectivity index (χ0n) is 9.09. The third-order valence-corrected chi connectivity index (χ3v) is 3.19. The molecule has 2 N–H and O–H groups in total. The Labute approximate surface area is 89.6 Å². The third-order valence-electron chi connectivity index (χ3n) is 3.19. The first-order valence-electron chi connectivity index (χ1n) is 5.49. The van der Waals surface area contributed by atoms with Crippen LogP contribution in [-0.4, -0.2) is 34.2 Å². The maximum Gasteiger partial charge on any atom is 0.240 e. The van der Waals surface area contributed by atoms with E-state index < -0.39 is 0 Å². The van der Waals surface area contributed by atoms with Crippen molar-refractivity contribution in [1.29, 1.82) is 0 Å². The Hall–Kier alpha value is -0.940. The topological polar surface area (TPSA) is 68.2 Å². The van der Waals surface area contributed by atoms with Gasteiger partial charge in [-0.1, -0.05) is 5.16 Å². The van der Waals surface area contributed by atoms with Crippen LogP contribution >= 0.6 is 0 Å². The van der Waals surface area contributed by atoms with Gasteiger partial charge in [0.05, 0.1) is 6.54 Å². The molecule has 2 unspecified atom stereocenters. The van der Waals surface area contributed by atoms with Gasteiger partial charge in [0.25, 0.3) is 0 Å². The zero-order valence-corrected chi connectivity index (χ0v) is 9.09. The lowest BCUT2D eigenvalue weighted by Crippen LogP contribution is -2.43. The number of nitrogens with two attached hydrogens (primary N) is 1. The largest absolute Gasteiger partial charge is 0.338 e. The number of hydrogen-bond acceptors (Lipinski definition) is 5. The summed E-state index contributed by atoms with van der Waals surface area (Å²) < 4.78 is 5.02. The molecule has 15 heavy (non-hydrogen) atoms. The Balaban J connectivity index is 1.94. The molecule has 1 aromatic rings. The van der Waals surface area contributed by atoms with Crippen molar-refractivity contribution in [2.24, 2.45) is 11.7 Å². The van der Waals surface area contributed by atoms with E-state index in [2.05, 4.69) is 22.0 Å². The maximum atomic E-state index is 5.71. The summed E-state index contributed by atoms with van der Waals surface area (Å²) in [5.41, 5.74) is 5.71. The first-order chi connectivity index (χ1) is 7.29. The van der Waals surface area contributed by atoms with Gasteiger partial charge >= 0.3 is 0 Å². The average molecular weight is 210 g/mol. The number of nitrogens with zero attached hydrogens (tertiary/aromatic N) is 3. The van der Waals surface area contributed by atoms with Gasteiger partial charge in [-0.3, -0.25) is 4.90 Å². The van der Waals surface area contributed by atoms with Crippen LogP contribution in [0.25, 0.3) is 0 Å². The molecular weight excluding hydrogens is 192 g/mol. The van der Waals surface area contributed by atoms with Crippen molar-refractivity contribution >= 4 is 0 Å². The summed E-state index contributed by atoms with van der Waals surface area (Å²) in [5, 5.41) is 3.61. The van der Waals surface area contributed by atoms with Gasteiger partial charge < -0.3 is 10.3 Å². The first kappa shape index (κ1) is 10.6. The summed E-state index contributed by atoms with van der Waals surface area (Å²) in [7, 11) is 0. The molecular formula is C10H18N4O. The smallest absolute Gasteiger partial charge is 0.240 e. The number of piperidine rings is 1. The van der Waals surface area contributed by atoms with E-state index in [0.717, 1.165) is 19.6 Å². The van der Waals surface area contributed by atoms with E-state index in [0.29, 0.717) is 17.9 Å². The number of aromatic nitrogens is 2. The van der Waals surface area contributed by atoms with E-state index in [9.17, 15) is 0 Å². The SMILES string of the molecule is CC1CCC(CN)CN1Cc1ncno1. The van der Waals surface area contributed by atoms with Crippen LogP contribution in [-0.2, 0) is 6.54 Å². The lowest BCUT2D eigenvalue weighted by molar-refractivity contribution is 0.100. The lowest BCUT2D eigenvalue weighted by atomic mass is 9.93. The minimum Gasteiger partial charge on any atom is -0.338 e. The van der Waals surface area contributed by atoms with Crippen LogP contribution in [0.4, 0.5) is 0 Å². The van der Waals surface area contributed by atoms with Crippen molar-refractivity contribution in [3.8, 4) is 0 Å². The third kappa shape index (κ3) is 2.54. The van der Waals surface area contributed by atoms with Crippen molar-refractivity contribution < 1.29 is 4.52 Å². The van der Waals surface area contributed by atoms with Gasteiger partial charge in [0, 0.05) is 12.6 Å². The second-order valence-corrected chi connectivity index (χ2v) is 4.29. The molecule has 1 aromatic heterocycles. The van der Waals surface area contributed by atoms with Crippen LogP contribution in [0.3, 0.4) is 0 Å². The molecule has 1 aliphatic rings. The monoisotopic (exact) mass is 210 g/mol. The molecule has 84 valence electrons. The van der Waals surface area contributed by atoms with Crippen molar-refractivity contribution in [1.82, 2.24) is 15.0 Å². The summed E-state index contributed by atoms with van der Waals surface area (Å²) in [5.74, 6) is 1.31. The summed E-state index contributed by atoms with van der Waals surface area (Å²) >= 11 is 0. The molecule has 1 saturated heterocycles. The minimum absolute atomic E-state index is 0.583. The Morgan fingerprint density at radius 3 is 3.13 bits per heavy atom. The molecule has 0 bridgehead atoms. The molecule has 2 atom stereocenters. The molecule has 0 spiro atoms. The predicted octanol–water partition coefficient (Wildman–Crippen LogP) is 0.629. The van der Waals surface area contributed by atoms with Crippen molar-refractivity contribution in [2.75, 3.05) is 13.1 Å². The highest BCUT2D eigenvalue weighted by Crippen LogP contribution is 2.22. The molecule has 0 amide bonds. The Bertz CT molecular complexity index is 288. The summed E-state index contributed by atoms with van der Waals surface area (Å²) in [6.07, 6.45) is 3.89. The van der Waals surface area contributed by atoms with Crippen LogP contribution in [0.2, 0.25) is 0 Å². The lowest BCUT2D eigenvalue weighted by Gasteiger charge is -2.36. The van der Waals surface area contributed by atoms with Gasteiger partial charge in [-0.25, -0.2) is 0 Å². The second kappa shape index (κ2) is 4.72. The molecule has 5 heteroatoms. The van der Waals surface area contributed by atoms with Gasteiger partial charge in [0.1, 0.15) is 0 Å². The van der Waals surface area contributed by atoms with E-state index in [1.165, 1.54) is 19.2 Å². The highest BCUT2D eigenvalue weighted by atomic mass is 16.5. The van der Waals surface area contributed by atoms with Gasteiger partial charge in [0.15, 0.2) is 6.33 Å². The predicted molar refractivity (Wildman–Crippen MR) is 55.9 cm³/mol. The molecule has 1 aliphatic heterocycles. The van der Waals surface area contributed by atoms with E-state index in [1.54, 1.807) is 0 Å². The quantitative estimate of drug-likeness (QED) is 0.792. The van der Waals surface area contributed by atoms with E-state index >= 15 is 0 Å². The molecule has 2 rings (SSSR count). The molecule has 5 nitrogen and oxygen atoms in total. The number of rotatable bonds is 3. The molecule has 0 aromatic carbocycles. The van der Waals surface area contributed by atoms with Crippen molar-refractivity contribution in [2.45, 2.75) is 32.4 Å². The first-order valence-corrected chi connectivity index (χ1v) is 5.49. The fraction of sp³-hybridized carbons (Fsp3) is 0.800. The average Bonchev–Trinajstić information content (AvgIpc) is 2.74. The maximum absolute atomic E-state index is 5.71. The van der Waals surface area contributed by atoms with Gasteiger partial charge in [0.2, 0.25) is 5.89 Å². The van der Waals surface area contributed by atoms with Crippen LogP contribution in [0, 0.1) is 5.92 Å². The van der Waals surface area contributed by atoms with Gasteiger partial charge in [-0.05, 0) is 32.2 Å². The zero-order chi connectivity index (χ0) is 10.7. The highest BCUT2D eigenvalue weighted by molar-refractivity contribution is 4.83. The fourth-order valence-electron chi connectivity index (χ4n) is 2.11. The van der Waals surface area contributed by atoms with Crippen LogP contribution < -0.4 is 5.73 Å². The molecule has 1 fully saturated rings. The summed E-state index contributed by atoms with van der Waals surface area (Å²) in [6.45, 7) is 4.80. The van der Waals surface area contributed by atoms with Gasteiger partial charge in [-0.2, -0.15) is 4.98 Å². The minimum atomic E-state index is 0.583. The Morgan fingerprint density at radius 2 is 2.47 bits per heavy atom. The van der Waals surface area contributed by atoms with Gasteiger partial charge in [-0.15, -0.1) is 0 Å². The van der Waals surface area contributed by atoms with Crippen LogP contribution in [0.15, 0.2) is 10.9 Å². The molecule has 0 radical (unpaired) electrons. The molecule has 0 aliphatic carbocycles. The second-order valence-electron chi connectivity index (χ2n) is 4.29. The van der Waals surface area contributed by atoms with Crippen molar-refractivity contribution in [3.05, 3.63) is 12.2 Å². The number of hydrogen-bond donors (Lipinski definition) is 1. The van der Waals surface area contributed by atoms with E-state index in [4.69, 9.17) is 10.3 Å². The molecule has 0 saturated carbocycles. The highest BCUT2D eigenvalue weighted by Gasteiger charge is 2.25. The standard InChI is InChI=1S/C10H18N4O/c1-8-2-3-9(4-11)5-14(8)6-10-12-7-13-15-10/h7-9H,2-6,11H2,1H3. The van der Waals surface area contributed by atoms with Crippen molar-refractivity contribution in [3.63, 3.8) is 0 Å².